The highest BCUT2D eigenvalue weighted by Crippen LogP contribution is 2.35. The first kappa shape index (κ1) is 17.9. The fourth-order valence-electron chi connectivity index (χ4n) is 2.97. The third kappa shape index (κ3) is 4.54. The summed E-state index contributed by atoms with van der Waals surface area (Å²) in [5, 5.41) is 10.5. The van der Waals surface area contributed by atoms with Gasteiger partial charge in [0.15, 0.2) is 0 Å². The zero-order chi connectivity index (χ0) is 16.1. The predicted molar refractivity (Wildman–Crippen MR) is 91.7 cm³/mol. The van der Waals surface area contributed by atoms with E-state index < -0.39 is 10.0 Å². The summed E-state index contributed by atoms with van der Waals surface area (Å²) in [6.07, 6.45) is 5.93. The first-order valence-corrected chi connectivity index (χ1v) is 10.4. The van der Waals surface area contributed by atoms with Crippen molar-refractivity contribution < 1.29 is 13.5 Å². The fraction of sp³-hybridized carbons (Fsp3) is 0.625. The van der Waals surface area contributed by atoms with Crippen LogP contribution in [0.2, 0.25) is 0 Å². The van der Waals surface area contributed by atoms with Gasteiger partial charge in [-0.05, 0) is 37.0 Å². The lowest BCUT2D eigenvalue weighted by molar-refractivity contribution is 0.0867. The van der Waals surface area contributed by atoms with E-state index in [4.69, 9.17) is 0 Å². The summed E-state index contributed by atoms with van der Waals surface area (Å²) in [7, 11) is -3.51. The smallest absolute Gasteiger partial charge is 0.240 e. The molecular formula is C16H24BrNO3S. The average molecular weight is 390 g/mol. The molecule has 4 nitrogen and oxygen atoms in total. The van der Waals surface area contributed by atoms with Gasteiger partial charge < -0.3 is 5.11 Å². The number of aliphatic hydroxyl groups is 1. The third-order valence-electron chi connectivity index (χ3n) is 4.50. The molecule has 0 unspecified atom stereocenters. The maximum absolute atomic E-state index is 12.4. The maximum atomic E-state index is 12.4. The number of sulfonamides is 1. The van der Waals surface area contributed by atoms with Crippen molar-refractivity contribution in [3.05, 3.63) is 29.8 Å². The molecule has 0 spiro atoms. The van der Waals surface area contributed by atoms with Crippen LogP contribution in [0, 0.1) is 5.41 Å². The Morgan fingerprint density at radius 2 is 1.77 bits per heavy atom. The van der Waals surface area contributed by atoms with Crippen LogP contribution >= 0.6 is 15.9 Å². The molecule has 0 heterocycles. The van der Waals surface area contributed by atoms with Crippen LogP contribution in [0.15, 0.2) is 29.2 Å². The van der Waals surface area contributed by atoms with E-state index in [0.717, 1.165) is 43.0 Å². The molecule has 1 aliphatic rings. The largest absolute Gasteiger partial charge is 0.396 e. The Balaban J connectivity index is 2.03. The molecular weight excluding hydrogens is 366 g/mol. The Hall–Kier alpha value is -0.430. The van der Waals surface area contributed by atoms with Crippen LogP contribution in [0.3, 0.4) is 0 Å². The van der Waals surface area contributed by atoms with Gasteiger partial charge in [0.05, 0.1) is 4.90 Å². The summed E-state index contributed by atoms with van der Waals surface area (Å²) < 4.78 is 27.5. The molecule has 1 aromatic rings. The molecule has 0 atom stereocenters. The number of rotatable bonds is 7. The lowest BCUT2D eigenvalue weighted by atomic mass is 9.75. The number of benzene rings is 1. The van der Waals surface area contributed by atoms with Gasteiger partial charge in [-0.3, -0.25) is 0 Å². The second-order valence-corrected chi connectivity index (χ2v) is 8.69. The third-order valence-corrected chi connectivity index (χ3v) is 6.32. The van der Waals surface area contributed by atoms with Gasteiger partial charge >= 0.3 is 0 Å². The lowest BCUT2D eigenvalue weighted by Crippen LogP contribution is -2.41. The summed E-state index contributed by atoms with van der Waals surface area (Å²) in [5.74, 6) is 0. The molecule has 1 fully saturated rings. The normalized spacial score (nSPS) is 18.3. The predicted octanol–water partition coefficient (Wildman–Crippen LogP) is 2.85. The summed E-state index contributed by atoms with van der Waals surface area (Å²) in [6, 6.07) is 6.98. The average Bonchev–Trinajstić information content (AvgIpc) is 2.55. The molecule has 0 aromatic heterocycles. The van der Waals surface area contributed by atoms with Crippen LogP contribution in [0.5, 0.6) is 0 Å². The van der Waals surface area contributed by atoms with Gasteiger partial charge in [0, 0.05) is 23.9 Å². The van der Waals surface area contributed by atoms with Crippen molar-refractivity contribution in [1.29, 1.82) is 0 Å². The first-order valence-electron chi connectivity index (χ1n) is 7.77. The van der Waals surface area contributed by atoms with E-state index in [9.17, 15) is 13.5 Å². The van der Waals surface area contributed by atoms with Crippen molar-refractivity contribution in [2.24, 2.45) is 5.41 Å². The summed E-state index contributed by atoms with van der Waals surface area (Å²) in [5.41, 5.74) is 0.816. The molecule has 1 aromatic carbocycles. The van der Waals surface area contributed by atoms with E-state index in [1.807, 2.05) is 12.1 Å². The van der Waals surface area contributed by atoms with Crippen LogP contribution in [-0.4, -0.2) is 32.0 Å². The zero-order valence-corrected chi connectivity index (χ0v) is 15.1. The van der Waals surface area contributed by atoms with Crippen LogP contribution in [0.4, 0.5) is 0 Å². The molecule has 0 amide bonds. The van der Waals surface area contributed by atoms with Crippen molar-refractivity contribution in [2.45, 2.75) is 43.4 Å². The van der Waals surface area contributed by atoms with Crippen molar-refractivity contribution in [3.8, 4) is 0 Å². The number of aryl methyl sites for hydroxylation is 1. The molecule has 124 valence electrons. The van der Waals surface area contributed by atoms with Crippen LogP contribution in [0.1, 0.15) is 37.7 Å². The molecule has 22 heavy (non-hydrogen) atoms. The summed E-state index contributed by atoms with van der Waals surface area (Å²) in [4.78, 5) is 0.287. The highest BCUT2D eigenvalue weighted by Gasteiger charge is 2.32. The van der Waals surface area contributed by atoms with Crippen LogP contribution in [-0.2, 0) is 16.4 Å². The van der Waals surface area contributed by atoms with E-state index in [1.165, 1.54) is 6.42 Å². The standard InChI is InChI=1S/C16H24BrNO3S/c17-11-8-14-4-6-15(7-5-14)22(20,21)18-12-16(13-19)9-2-1-3-10-16/h4-7,18-19H,1-3,8-13H2. The van der Waals surface area contributed by atoms with Crippen molar-refractivity contribution in [1.82, 2.24) is 4.72 Å². The number of hydrogen-bond acceptors (Lipinski definition) is 3. The van der Waals surface area contributed by atoms with E-state index >= 15 is 0 Å². The van der Waals surface area contributed by atoms with E-state index in [0.29, 0.717) is 6.54 Å². The van der Waals surface area contributed by atoms with E-state index in [1.54, 1.807) is 12.1 Å². The zero-order valence-electron chi connectivity index (χ0n) is 12.7. The second kappa shape index (κ2) is 7.90. The maximum Gasteiger partial charge on any atom is 0.240 e. The number of halogens is 1. The SMILES string of the molecule is O=S(=O)(NCC1(CO)CCCCC1)c1ccc(CCBr)cc1. The number of aliphatic hydroxyl groups excluding tert-OH is 1. The fourth-order valence-corrected chi connectivity index (χ4v) is 4.58. The molecule has 1 aliphatic carbocycles. The molecule has 6 heteroatoms. The minimum absolute atomic E-state index is 0.0414. The van der Waals surface area contributed by atoms with Gasteiger partial charge in [0.2, 0.25) is 10.0 Å². The topological polar surface area (TPSA) is 66.4 Å². The minimum atomic E-state index is -3.51. The van der Waals surface area contributed by atoms with Crippen molar-refractivity contribution >= 4 is 26.0 Å². The molecule has 0 bridgehead atoms. The second-order valence-electron chi connectivity index (χ2n) is 6.13. The highest BCUT2D eigenvalue weighted by atomic mass is 79.9. The molecule has 1 saturated carbocycles. The molecule has 2 rings (SSSR count). The number of alkyl halides is 1. The minimum Gasteiger partial charge on any atom is -0.396 e. The molecule has 0 radical (unpaired) electrons. The first-order chi connectivity index (χ1) is 10.5. The molecule has 2 N–H and O–H groups in total. The monoisotopic (exact) mass is 389 g/mol. The van der Waals surface area contributed by atoms with Crippen LogP contribution < -0.4 is 4.72 Å². The van der Waals surface area contributed by atoms with Gasteiger partial charge in [-0.15, -0.1) is 0 Å². The summed E-state index contributed by atoms with van der Waals surface area (Å²) >= 11 is 3.37. The Labute approximate surface area is 141 Å². The lowest BCUT2D eigenvalue weighted by Gasteiger charge is -2.35. The van der Waals surface area contributed by atoms with Crippen LogP contribution in [0.25, 0.3) is 0 Å². The van der Waals surface area contributed by atoms with E-state index in [-0.39, 0.29) is 16.9 Å². The van der Waals surface area contributed by atoms with Gasteiger partial charge in [0.1, 0.15) is 0 Å². The Morgan fingerprint density at radius 3 is 2.32 bits per heavy atom. The van der Waals surface area contributed by atoms with Gasteiger partial charge in [-0.2, -0.15) is 0 Å². The Bertz CT molecular complexity index is 566. The Kier molecular flexibility index (Phi) is 6.44. The van der Waals surface area contributed by atoms with Gasteiger partial charge in [0.25, 0.3) is 0 Å². The van der Waals surface area contributed by atoms with Crippen molar-refractivity contribution in [2.75, 3.05) is 18.5 Å². The highest BCUT2D eigenvalue weighted by molar-refractivity contribution is 9.09. The Morgan fingerprint density at radius 1 is 1.14 bits per heavy atom. The van der Waals surface area contributed by atoms with Crippen molar-refractivity contribution in [3.63, 3.8) is 0 Å². The molecule has 0 saturated heterocycles. The molecule has 0 aliphatic heterocycles. The van der Waals surface area contributed by atoms with E-state index in [2.05, 4.69) is 20.7 Å². The van der Waals surface area contributed by atoms with Gasteiger partial charge in [-0.25, -0.2) is 13.1 Å². The number of nitrogens with one attached hydrogen (secondary N) is 1. The quantitative estimate of drug-likeness (QED) is 0.704. The van der Waals surface area contributed by atoms with Gasteiger partial charge in [-0.1, -0.05) is 47.3 Å². The summed E-state index contributed by atoms with van der Waals surface area (Å²) in [6.45, 7) is 0.356. The number of hydrogen-bond donors (Lipinski definition) is 2.